The number of hydrogen-bond acceptors (Lipinski definition) is 4. The molecule has 3 nitrogen and oxygen atoms in total. The molecule has 1 aliphatic heterocycles. The highest BCUT2D eigenvalue weighted by Gasteiger charge is 2.26. The Kier molecular flexibility index (Phi) is 4.64. The van der Waals surface area contributed by atoms with Gasteiger partial charge in [0.1, 0.15) is 0 Å². The summed E-state index contributed by atoms with van der Waals surface area (Å²) in [5.41, 5.74) is 3.16. The Morgan fingerprint density at radius 1 is 1.36 bits per heavy atom. The fourth-order valence-corrected chi connectivity index (χ4v) is 4.49. The summed E-state index contributed by atoms with van der Waals surface area (Å²) in [4.78, 5) is 18.6. The highest BCUT2D eigenvalue weighted by molar-refractivity contribution is 8.00. The molecule has 0 unspecified atom stereocenters. The lowest BCUT2D eigenvalue weighted by molar-refractivity contribution is 0.730. The molecule has 22 heavy (non-hydrogen) atoms. The molecule has 0 fully saturated rings. The van der Waals surface area contributed by atoms with E-state index in [9.17, 15) is 4.79 Å². The summed E-state index contributed by atoms with van der Waals surface area (Å²) in [6.45, 7) is 6.35. The lowest BCUT2D eigenvalue weighted by Crippen LogP contribution is -2.23. The van der Waals surface area contributed by atoms with E-state index in [4.69, 9.17) is 4.98 Å². The van der Waals surface area contributed by atoms with Crippen LogP contribution in [0.3, 0.4) is 0 Å². The van der Waals surface area contributed by atoms with Crippen LogP contribution in [-0.2, 0) is 6.42 Å². The minimum Gasteiger partial charge on any atom is -0.268 e. The predicted octanol–water partition coefficient (Wildman–Crippen LogP) is 4.08. The van der Waals surface area contributed by atoms with Crippen LogP contribution in [0, 0.1) is 6.92 Å². The van der Waals surface area contributed by atoms with Gasteiger partial charge >= 0.3 is 0 Å². The molecule has 0 amide bonds. The van der Waals surface area contributed by atoms with Gasteiger partial charge in [0.15, 0.2) is 5.16 Å². The molecular weight excluding hydrogens is 312 g/mol. The van der Waals surface area contributed by atoms with Crippen LogP contribution in [0.2, 0.25) is 0 Å². The van der Waals surface area contributed by atoms with E-state index in [1.807, 2.05) is 24.3 Å². The Bertz CT molecular complexity index is 738. The van der Waals surface area contributed by atoms with Crippen LogP contribution in [0.4, 0.5) is 0 Å². The van der Waals surface area contributed by atoms with Gasteiger partial charge in [-0.2, -0.15) is 0 Å². The van der Waals surface area contributed by atoms with Gasteiger partial charge in [0.2, 0.25) is 0 Å². The zero-order chi connectivity index (χ0) is 15.7. The number of aryl methyl sites for hydroxylation is 1. The molecule has 1 aromatic carbocycles. The van der Waals surface area contributed by atoms with Crippen LogP contribution >= 0.6 is 23.5 Å². The molecule has 1 aromatic heterocycles. The fourth-order valence-electron chi connectivity index (χ4n) is 2.51. The number of benzene rings is 1. The van der Waals surface area contributed by atoms with Crippen LogP contribution in [0.15, 0.2) is 39.1 Å². The topological polar surface area (TPSA) is 34.9 Å². The molecule has 0 radical (unpaired) electrons. The van der Waals surface area contributed by atoms with Crippen molar-refractivity contribution in [2.75, 3.05) is 5.75 Å². The first kappa shape index (κ1) is 15.7. The van der Waals surface area contributed by atoms with E-state index in [0.29, 0.717) is 5.25 Å². The maximum Gasteiger partial charge on any atom is 0.272 e. The summed E-state index contributed by atoms with van der Waals surface area (Å²) in [7, 11) is 0. The van der Waals surface area contributed by atoms with Crippen LogP contribution in [0.5, 0.6) is 0 Å². The van der Waals surface area contributed by atoms with Gasteiger partial charge in [0.05, 0.1) is 16.3 Å². The molecule has 0 N–H and O–H groups in total. The minimum absolute atomic E-state index is 0.0850. The van der Waals surface area contributed by atoms with Crippen molar-refractivity contribution in [3.8, 4) is 5.69 Å². The highest BCUT2D eigenvalue weighted by atomic mass is 32.2. The molecule has 5 heteroatoms. The Balaban J connectivity index is 2.16. The SMILES string of the molecule is CCCSc1nc2c(c(=O)n1-c1ccc(C)cc1)S[C@H](C)C2. The number of aromatic nitrogens is 2. The summed E-state index contributed by atoms with van der Waals surface area (Å²) in [5, 5.41) is 1.26. The lowest BCUT2D eigenvalue weighted by Gasteiger charge is -2.13. The fraction of sp³-hybridized carbons (Fsp3) is 0.412. The molecule has 0 bridgehead atoms. The van der Waals surface area contributed by atoms with Gasteiger partial charge in [0, 0.05) is 17.4 Å². The van der Waals surface area contributed by atoms with Crippen LogP contribution < -0.4 is 5.56 Å². The average Bonchev–Trinajstić information content (AvgIpc) is 2.87. The van der Waals surface area contributed by atoms with Crippen molar-refractivity contribution < 1.29 is 0 Å². The van der Waals surface area contributed by atoms with Crippen molar-refractivity contribution in [2.24, 2.45) is 0 Å². The van der Waals surface area contributed by atoms with E-state index in [1.165, 1.54) is 5.56 Å². The maximum absolute atomic E-state index is 13.0. The van der Waals surface area contributed by atoms with Gasteiger partial charge in [0.25, 0.3) is 5.56 Å². The van der Waals surface area contributed by atoms with E-state index in [0.717, 1.165) is 40.0 Å². The van der Waals surface area contributed by atoms with Crippen molar-refractivity contribution in [1.29, 1.82) is 0 Å². The van der Waals surface area contributed by atoms with Gasteiger partial charge in [-0.25, -0.2) is 4.98 Å². The third kappa shape index (κ3) is 2.97. The monoisotopic (exact) mass is 332 g/mol. The second kappa shape index (κ2) is 6.50. The van der Waals surface area contributed by atoms with Gasteiger partial charge in [-0.3, -0.25) is 9.36 Å². The Hall–Kier alpha value is -1.20. The molecule has 0 aliphatic carbocycles. The van der Waals surface area contributed by atoms with E-state index >= 15 is 0 Å². The second-order valence-corrected chi connectivity index (χ2v) is 8.14. The molecule has 0 saturated carbocycles. The third-order valence-corrected chi connectivity index (χ3v) is 5.97. The summed E-state index contributed by atoms with van der Waals surface area (Å²) in [5.74, 6) is 0.972. The van der Waals surface area contributed by atoms with E-state index < -0.39 is 0 Å². The molecule has 0 saturated heterocycles. The van der Waals surface area contributed by atoms with Gasteiger partial charge in [-0.05, 0) is 25.5 Å². The first-order valence-corrected chi connectivity index (χ1v) is 9.49. The van der Waals surface area contributed by atoms with Crippen LogP contribution in [0.1, 0.15) is 31.5 Å². The third-order valence-electron chi connectivity index (χ3n) is 3.61. The maximum atomic E-state index is 13.0. The van der Waals surface area contributed by atoms with Crippen molar-refractivity contribution in [2.45, 2.75) is 48.9 Å². The number of thioether (sulfide) groups is 2. The molecule has 2 heterocycles. The van der Waals surface area contributed by atoms with Gasteiger partial charge in [-0.1, -0.05) is 43.3 Å². The zero-order valence-corrected chi connectivity index (χ0v) is 14.8. The lowest BCUT2D eigenvalue weighted by atomic mass is 10.2. The Labute approximate surface area is 139 Å². The van der Waals surface area contributed by atoms with Gasteiger partial charge < -0.3 is 0 Å². The van der Waals surface area contributed by atoms with Crippen molar-refractivity contribution in [3.05, 3.63) is 45.9 Å². The Morgan fingerprint density at radius 2 is 2.09 bits per heavy atom. The number of rotatable bonds is 4. The van der Waals surface area contributed by atoms with Crippen molar-refractivity contribution >= 4 is 23.5 Å². The normalized spacial score (nSPS) is 16.8. The van der Waals surface area contributed by atoms with E-state index in [2.05, 4.69) is 20.8 Å². The molecule has 3 rings (SSSR count). The molecular formula is C17H20N2OS2. The van der Waals surface area contributed by atoms with E-state index in [1.54, 1.807) is 28.1 Å². The summed E-state index contributed by atoms with van der Waals surface area (Å²) >= 11 is 3.33. The smallest absolute Gasteiger partial charge is 0.268 e. The first-order chi connectivity index (χ1) is 10.6. The molecule has 0 spiro atoms. The van der Waals surface area contributed by atoms with Crippen molar-refractivity contribution in [1.82, 2.24) is 9.55 Å². The molecule has 2 aromatic rings. The number of hydrogen-bond donors (Lipinski definition) is 0. The van der Waals surface area contributed by atoms with Crippen molar-refractivity contribution in [3.63, 3.8) is 0 Å². The predicted molar refractivity (Wildman–Crippen MR) is 94.6 cm³/mol. The molecule has 1 atom stereocenters. The largest absolute Gasteiger partial charge is 0.272 e. The summed E-state index contributed by atoms with van der Waals surface area (Å²) in [6.07, 6.45) is 1.96. The number of nitrogens with zero attached hydrogens (tertiary/aromatic N) is 2. The Morgan fingerprint density at radius 3 is 2.77 bits per heavy atom. The standard InChI is InChI=1S/C17H20N2OS2/c1-4-9-21-17-18-14-10-12(3)22-15(14)16(20)19(17)13-7-5-11(2)6-8-13/h5-8,12H,4,9-10H2,1-3H3/t12-/m1/s1. The van der Waals surface area contributed by atoms with Crippen LogP contribution in [-0.4, -0.2) is 20.6 Å². The highest BCUT2D eigenvalue weighted by Crippen LogP contribution is 2.34. The van der Waals surface area contributed by atoms with Gasteiger partial charge in [-0.15, -0.1) is 11.8 Å². The molecule has 116 valence electrons. The van der Waals surface area contributed by atoms with E-state index in [-0.39, 0.29) is 5.56 Å². The quantitative estimate of drug-likeness (QED) is 0.624. The second-order valence-electron chi connectivity index (χ2n) is 5.63. The van der Waals surface area contributed by atoms with Crippen LogP contribution in [0.25, 0.3) is 5.69 Å². The summed E-state index contributed by atoms with van der Waals surface area (Å²) in [6, 6.07) is 8.09. The summed E-state index contributed by atoms with van der Waals surface area (Å²) < 4.78 is 1.78. The number of fused-ring (bicyclic) bond motifs is 1. The minimum atomic E-state index is 0.0850. The zero-order valence-electron chi connectivity index (χ0n) is 13.1. The average molecular weight is 332 g/mol. The first-order valence-electron chi connectivity index (χ1n) is 7.62. The molecule has 1 aliphatic rings.